The summed E-state index contributed by atoms with van der Waals surface area (Å²) in [7, 11) is 0. The van der Waals surface area contributed by atoms with Gasteiger partial charge in [-0.3, -0.25) is 14.9 Å². The number of amides is 2. The standard InChI is InChI=1S/C21H21N3O3/c1-2-15-8-10-16(11-9-15)18-14-20(27-24-18)23-19(25)12-13-22-21(26)17-6-4-3-5-7-17/h3-11,14H,2,12-13H2,1H3,(H,22,26)(H,23,25). The summed E-state index contributed by atoms with van der Waals surface area (Å²) in [4.78, 5) is 23.9. The molecule has 1 heterocycles. The van der Waals surface area contributed by atoms with Crippen molar-refractivity contribution in [2.24, 2.45) is 0 Å². The zero-order valence-corrected chi connectivity index (χ0v) is 15.1. The van der Waals surface area contributed by atoms with Crippen molar-refractivity contribution in [3.8, 4) is 11.3 Å². The molecule has 2 N–H and O–H groups in total. The highest BCUT2D eigenvalue weighted by atomic mass is 16.5. The zero-order chi connectivity index (χ0) is 19.1. The Balaban J connectivity index is 1.48. The first-order valence-electron chi connectivity index (χ1n) is 8.85. The van der Waals surface area contributed by atoms with Gasteiger partial charge in [0.1, 0.15) is 5.69 Å². The van der Waals surface area contributed by atoms with Gasteiger partial charge in [0.05, 0.1) is 0 Å². The smallest absolute Gasteiger partial charge is 0.251 e. The van der Waals surface area contributed by atoms with Crippen LogP contribution in [-0.4, -0.2) is 23.5 Å². The van der Waals surface area contributed by atoms with E-state index in [-0.39, 0.29) is 30.7 Å². The Morgan fingerprint density at radius 1 is 1.04 bits per heavy atom. The number of hydrogen-bond acceptors (Lipinski definition) is 4. The van der Waals surface area contributed by atoms with E-state index in [2.05, 4.69) is 22.7 Å². The molecule has 1 aromatic heterocycles. The number of rotatable bonds is 7. The minimum Gasteiger partial charge on any atom is -0.352 e. The summed E-state index contributed by atoms with van der Waals surface area (Å²) in [6, 6.07) is 18.6. The molecule has 0 bridgehead atoms. The van der Waals surface area contributed by atoms with E-state index in [0.717, 1.165) is 12.0 Å². The third-order valence-electron chi connectivity index (χ3n) is 4.10. The topological polar surface area (TPSA) is 84.2 Å². The quantitative estimate of drug-likeness (QED) is 0.671. The Labute approximate surface area is 157 Å². The molecule has 27 heavy (non-hydrogen) atoms. The second kappa shape index (κ2) is 8.80. The lowest BCUT2D eigenvalue weighted by molar-refractivity contribution is -0.116. The monoisotopic (exact) mass is 363 g/mol. The van der Waals surface area contributed by atoms with Crippen molar-refractivity contribution in [2.75, 3.05) is 11.9 Å². The molecule has 2 amide bonds. The van der Waals surface area contributed by atoms with Crippen LogP contribution in [0.15, 0.2) is 65.2 Å². The van der Waals surface area contributed by atoms with Gasteiger partial charge in [-0.1, -0.05) is 54.5 Å². The highest BCUT2D eigenvalue weighted by Crippen LogP contribution is 2.22. The lowest BCUT2D eigenvalue weighted by Crippen LogP contribution is -2.27. The summed E-state index contributed by atoms with van der Waals surface area (Å²) in [6.45, 7) is 2.33. The lowest BCUT2D eigenvalue weighted by Gasteiger charge is -2.04. The Bertz CT molecular complexity index is 902. The van der Waals surface area contributed by atoms with Crippen LogP contribution in [-0.2, 0) is 11.2 Å². The molecule has 2 aromatic carbocycles. The van der Waals surface area contributed by atoms with E-state index < -0.39 is 0 Å². The SMILES string of the molecule is CCc1ccc(-c2cc(NC(=O)CCNC(=O)c3ccccc3)on2)cc1. The number of nitrogens with one attached hydrogen (secondary N) is 2. The molecule has 6 nitrogen and oxygen atoms in total. The van der Waals surface area contributed by atoms with Gasteiger partial charge in [0, 0.05) is 30.2 Å². The number of hydrogen-bond donors (Lipinski definition) is 2. The molecule has 0 fully saturated rings. The van der Waals surface area contributed by atoms with Gasteiger partial charge in [0.15, 0.2) is 0 Å². The van der Waals surface area contributed by atoms with Crippen LogP contribution in [0.4, 0.5) is 5.88 Å². The summed E-state index contributed by atoms with van der Waals surface area (Å²) in [5.41, 5.74) is 3.39. The second-order valence-electron chi connectivity index (χ2n) is 6.05. The van der Waals surface area contributed by atoms with Crippen molar-refractivity contribution < 1.29 is 14.1 Å². The molecule has 0 aliphatic carbocycles. The van der Waals surface area contributed by atoms with Gasteiger partial charge in [-0.05, 0) is 24.1 Å². The summed E-state index contributed by atoms with van der Waals surface area (Å²) in [6.07, 6.45) is 1.11. The fourth-order valence-corrected chi connectivity index (χ4v) is 2.56. The first-order valence-corrected chi connectivity index (χ1v) is 8.85. The van der Waals surface area contributed by atoms with Crippen LogP contribution in [0.3, 0.4) is 0 Å². The van der Waals surface area contributed by atoms with Crippen molar-refractivity contribution in [3.63, 3.8) is 0 Å². The fourth-order valence-electron chi connectivity index (χ4n) is 2.56. The Morgan fingerprint density at radius 3 is 2.48 bits per heavy atom. The average Bonchev–Trinajstić information content (AvgIpc) is 3.17. The molecular weight excluding hydrogens is 342 g/mol. The summed E-state index contributed by atoms with van der Waals surface area (Å²) in [5.74, 6) is -0.183. The molecule has 3 aromatic rings. The summed E-state index contributed by atoms with van der Waals surface area (Å²) >= 11 is 0. The predicted molar refractivity (Wildman–Crippen MR) is 103 cm³/mol. The van der Waals surface area contributed by atoms with E-state index >= 15 is 0 Å². The third kappa shape index (κ3) is 5.04. The maximum atomic E-state index is 12.0. The van der Waals surface area contributed by atoms with Crippen LogP contribution < -0.4 is 10.6 Å². The summed E-state index contributed by atoms with van der Waals surface area (Å²) < 4.78 is 5.17. The highest BCUT2D eigenvalue weighted by molar-refractivity contribution is 5.95. The van der Waals surface area contributed by atoms with Crippen molar-refractivity contribution in [1.29, 1.82) is 0 Å². The number of aryl methyl sites for hydroxylation is 1. The molecular formula is C21H21N3O3. The molecule has 0 saturated carbocycles. The number of nitrogens with zero attached hydrogens (tertiary/aromatic N) is 1. The first-order chi connectivity index (χ1) is 13.2. The van der Waals surface area contributed by atoms with E-state index in [1.165, 1.54) is 5.56 Å². The van der Waals surface area contributed by atoms with E-state index in [1.807, 2.05) is 30.3 Å². The zero-order valence-electron chi connectivity index (χ0n) is 15.1. The van der Waals surface area contributed by atoms with Gasteiger partial charge in [-0.25, -0.2) is 0 Å². The van der Waals surface area contributed by atoms with Crippen LogP contribution in [0.1, 0.15) is 29.3 Å². The van der Waals surface area contributed by atoms with Crippen molar-refractivity contribution in [1.82, 2.24) is 10.5 Å². The molecule has 0 aliphatic rings. The van der Waals surface area contributed by atoms with Gasteiger partial charge in [0.25, 0.3) is 5.91 Å². The fraction of sp³-hybridized carbons (Fsp3) is 0.190. The minimum atomic E-state index is -0.257. The molecule has 0 spiro atoms. The minimum absolute atomic E-state index is 0.139. The van der Waals surface area contributed by atoms with Crippen molar-refractivity contribution >= 4 is 17.7 Å². The first kappa shape index (κ1) is 18.4. The molecule has 0 radical (unpaired) electrons. The predicted octanol–water partition coefficient (Wildman–Crippen LogP) is 3.66. The Morgan fingerprint density at radius 2 is 1.78 bits per heavy atom. The van der Waals surface area contributed by atoms with Gasteiger partial charge in [-0.15, -0.1) is 0 Å². The lowest BCUT2D eigenvalue weighted by atomic mass is 10.1. The second-order valence-corrected chi connectivity index (χ2v) is 6.05. The van der Waals surface area contributed by atoms with Gasteiger partial charge >= 0.3 is 0 Å². The summed E-state index contributed by atoms with van der Waals surface area (Å²) in [5, 5.41) is 9.34. The molecule has 6 heteroatoms. The molecule has 3 rings (SSSR count). The number of benzene rings is 2. The van der Waals surface area contributed by atoms with Crippen molar-refractivity contribution in [3.05, 3.63) is 71.8 Å². The van der Waals surface area contributed by atoms with E-state index in [0.29, 0.717) is 11.3 Å². The maximum Gasteiger partial charge on any atom is 0.251 e. The van der Waals surface area contributed by atoms with Crippen LogP contribution >= 0.6 is 0 Å². The highest BCUT2D eigenvalue weighted by Gasteiger charge is 2.11. The third-order valence-corrected chi connectivity index (χ3v) is 4.10. The van der Waals surface area contributed by atoms with Gasteiger partial charge in [-0.2, -0.15) is 0 Å². The van der Waals surface area contributed by atoms with E-state index in [9.17, 15) is 9.59 Å². The van der Waals surface area contributed by atoms with Crippen molar-refractivity contribution in [2.45, 2.75) is 19.8 Å². The number of carbonyl (C=O) groups is 2. The van der Waals surface area contributed by atoms with Crippen LogP contribution in [0.5, 0.6) is 0 Å². The van der Waals surface area contributed by atoms with Crippen LogP contribution in [0.2, 0.25) is 0 Å². The maximum absolute atomic E-state index is 12.0. The molecule has 0 saturated heterocycles. The molecule has 0 atom stereocenters. The average molecular weight is 363 g/mol. The van der Waals surface area contributed by atoms with Gasteiger partial charge < -0.3 is 9.84 Å². The molecule has 138 valence electrons. The largest absolute Gasteiger partial charge is 0.352 e. The number of anilines is 1. The molecule has 0 aliphatic heterocycles. The normalized spacial score (nSPS) is 10.4. The molecule has 0 unspecified atom stereocenters. The van der Waals surface area contributed by atoms with E-state index in [1.54, 1.807) is 30.3 Å². The van der Waals surface area contributed by atoms with Crippen LogP contribution in [0.25, 0.3) is 11.3 Å². The van der Waals surface area contributed by atoms with E-state index in [4.69, 9.17) is 4.52 Å². The number of carbonyl (C=O) groups excluding carboxylic acids is 2. The Hall–Kier alpha value is -3.41. The Kier molecular flexibility index (Phi) is 5.99. The number of aromatic nitrogens is 1. The van der Waals surface area contributed by atoms with Gasteiger partial charge in [0.2, 0.25) is 11.8 Å². The van der Waals surface area contributed by atoms with Crippen LogP contribution in [0, 0.1) is 0 Å².